The lowest BCUT2D eigenvalue weighted by Gasteiger charge is -2.25. The van der Waals surface area contributed by atoms with E-state index >= 15 is 0 Å². The van der Waals surface area contributed by atoms with Crippen LogP contribution in [0.15, 0.2) is 30.3 Å². The number of hydrogen-bond donors (Lipinski definition) is 2. The Kier molecular flexibility index (Phi) is 4.19. The van der Waals surface area contributed by atoms with E-state index in [0.29, 0.717) is 38.1 Å². The van der Waals surface area contributed by atoms with Crippen LogP contribution < -0.4 is 15.4 Å². The second-order valence-corrected chi connectivity index (χ2v) is 7.52. The molecule has 5 rings (SSSR count). The van der Waals surface area contributed by atoms with E-state index in [1.165, 1.54) is 0 Å². The summed E-state index contributed by atoms with van der Waals surface area (Å²) >= 11 is 0. The number of pyridine rings is 1. The fourth-order valence-corrected chi connectivity index (χ4v) is 4.05. The maximum Gasteiger partial charge on any atom is 0.254 e. The Labute approximate surface area is 167 Å². The fourth-order valence-electron chi connectivity index (χ4n) is 4.05. The van der Waals surface area contributed by atoms with Gasteiger partial charge in [0.05, 0.1) is 18.2 Å². The van der Waals surface area contributed by atoms with Gasteiger partial charge >= 0.3 is 0 Å². The summed E-state index contributed by atoms with van der Waals surface area (Å²) in [7, 11) is 0. The summed E-state index contributed by atoms with van der Waals surface area (Å²) < 4.78 is 5.57. The zero-order valence-corrected chi connectivity index (χ0v) is 15.7. The van der Waals surface area contributed by atoms with E-state index in [4.69, 9.17) is 4.74 Å². The molecule has 1 atom stereocenters. The van der Waals surface area contributed by atoms with Crippen molar-refractivity contribution in [3.63, 3.8) is 0 Å². The molecule has 1 saturated heterocycles. The molecular weight excluding hydrogens is 372 g/mol. The van der Waals surface area contributed by atoms with Gasteiger partial charge in [-0.3, -0.25) is 19.7 Å². The third kappa shape index (κ3) is 3.20. The minimum atomic E-state index is -0.348. The number of nitrogens with zero attached hydrogens (tertiary/aromatic N) is 2. The predicted molar refractivity (Wildman–Crippen MR) is 104 cm³/mol. The molecule has 3 aliphatic heterocycles. The number of imide groups is 1. The lowest BCUT2D eigenvalue weighted by Crippen LogP contribution is -2.45. The number of amides is 3. The molecule has 1 unspecified atom stereocenters. The third-order valence-electron chi connectivity index (χ3n) is 5.58. The van der Waals surface area contributed by atoms with Crippen molar-refractivity contribution in [3.05, 3.63) is 41.5 Å². The molecule has 8 nitrogen and oxygen atoms in total. The summed E-state index contributed by atoms with van der Waals surface area (Å²) in [5, 5.41) is 5.59. The van der Waals surface area contributed by atoms with Gasteiger partial charge in [-0.2, -0.15) is 0 Å². The Hall–Kier alpha value is -3.42. The van der Waals surface area contributed by atoms with E-state index in [0.717, 1.165) is 34.9 Å². The average Bonchev–Trinajstić information content (AvgIpc) is 3.04. The van der Waals surface area contributed by atoms with E-state index in [9.17, 15) is 14.4 Å². The van der Waals surface area contributed by atoms with Gasteiger partial charge in [0.1, 0.15) is 6.61 Å². The number of fused-ring (bicyclic) bond motifs is 2. The van der Waals surface area contributed by atoms with Crippen LogP contribution in [-0.2, 0) is 16.1 Å². The Morgan fingerprint density at radius 2 is 2.07 bits per heavy atom. The molecule has 0 spiro atoms. The first-order valence-corrected chi connectivity index (χ1v) is 9.72. The molecule has 1 aromatic carbocycles. The summed E-state index contributed by atoms with van der Waals surface area (Å²) in [6, 6.07) is 9.51. The van der Waals surface area contributed by atoms with Gasteiger partial charge in [0.2, 0.25) is 11.8 Å². The number of ether oxygens (including phenoxy) is 1. The second-order valence-electron chi connectivity index (χ2n) is 7.52. The van der Waals surface area contributed by atoms with Crippen LogP contribution in [0.5, 0.6) is 5.75 Å². The van der Waals surface area contributed by atoms with Crippen molar-refractivity contribution in [2.45, 2.75) is 19.4 Å². The van der Waals surface area contributed by atoms with Crippen molar-refractivity contribution >= 4 is 23.5 Å². The minimum Gasteiger partial charge on any atom is -0.488 e. The van der Waals surface area contributed by atoms with Crippen LogP contribution in [-0.4, -0.2) is 47.3 Å². The summed E-state index contributed by atoms with van der Waals surface area (Å²) in [4.78, 5) is 42.5. The van der Waals surface area contributed by atoms with Crippen molar-refractivity contribution in [1.29, 1.82) is 0 Å². The number of rotatable bonds is 3. The summed E-state index contributed by atoms with van der Waals surface area (Å²) in [5.41, 5.74) is 3.30. The van der Waals surface area contributed by atoms with Crippen molar-refractivity contribution in [2.75, 3.05) is 25.0 Å². The number of benzene rings is 1. The van der Waals surface area contributed by atoms with Gasteiger partial charge < -0.3 is 15.0 Å². The summed E-state index contributed by atoms with van der Waals surface area (Å²) in [5.74, 6) is 0.503. The van der Waals surface area contributed by atoms with Crippen molar-refractivity contribution in [1.82, 2.24) is 15.2 Å². The molecule has 3 amide bonds. The van der Waals surface area contributed by atoms with Gasteiger partial charge in [-0.05, 0) is 36.2 Å². The summed E-state index contributed by atoms with van der Waals surface area (Å²) in [6.45, 7) is 2.11. The summed E-state index contributed by atoms with van der Waals surface area (Å²) in [6.07, 6.45) is 0.793. The van der Waals surface area contributed by atoms with Gasteiger partial charge in [0, 0.05) is 30.6 Å². The monoisotopic (exact) mass is 392 g/mol. The SMILES string of the molecule is O=C1CCC(CN2Cc3cc(-c4ccc5c(n4)NCCO5)ccc3C2=O)C(=O)N1. The Balaban J connectivity index is 1.36. The molecule has 148 valence electrons. The minimum absolute atomic E-state index is 0.0790. The molecule has 3 aliphatic rings. The Morgan fingerprint density at radius 1 is 1.17 bits per heavy atom. The van der Waals surface area contributed by atoms with E-state index in [-0.39, 0.29) is 23.6 Å². The van der Waals surface area contributed by atoms with Gasteiger partial charge in [-0.15, -0.1) is 0 Å². The number of aromatic nitrogens is 1. The van der Waals surface area contributed by atoms with Crippen LogP contribution in [0.2, 0.25) is 0 Å². The smallest absolute Gasteiger partial charge is 0.254 e. The molecule has 0 radical (unpaired) electrons. The largest absolute Gasteiger partial charge is 0.488 e. The third-order valence-corrected chi connectivity index (χ3v) is 5.58. The lowest BCUT2D eigenvalue weighted by molar-refractivity contribution is -0.136. The Bertz CT molecular complexity index is 1040. The molecule has 4 heterocycles. The molecule has 8 heteroatoms. The van der Waals surface area contributed by atoms with E-state index in [2.05, 4.69) is 15.6 Å². The van der Waals surface area contributed by atoms with Crippen LogP contribution >= 0.6 is 0 Å². The Morgan fingerprint density at radius 3 is 2.93 bits per heavy atom. The molecule has 0 bridgehead atoms. The van der Waals surface area contributed by atoms with Crippen molar-refractivity contribution in [3.8, 4) is 17.0 Å². The molecule has 0 saturated carbocycles. The highest BCUT2D eigenvalue weighted by atomic mass is 16.5. The van der Waals surface area contributed by atoms with Crippen LogP contribution in [0.1, 0.15) is 28.8 Å². The number of carbonyl (C=O) groups excluding carboxylic acids is 3. The highest BCUT2D eigenvalue weighted by Gasteiger charge is 2.34. The zero-order valence-electron chi connectivity index (χ0n) is 15.7. The number of piperidine rings is 1. The standard InChI is InChI=1S/C21H20N4O4/c26-18-6-2-13(20(27)24-18)10-25-11-14-9-12(1-3-15(14)21(25)28)16-4-5-17-19(23-16)22-7-8-29-17/h1,3-5,9,13H,2,6-8,10-11H2,(H,22,23)(H,24,26,27). The quantitative estimate of drug-likeness (QED) is 0.769. The van der Waals surface area contributed by atoms with Crippen LogP contribution in [0.3, 0.4) is 0 Å². The highest BCUT2D eigenvalue weighted by molar-refractivity contribution is 6.01. The topological polar surface area (TPSA) is 101 Å². The average molecular weight is 392 g/mol. The van der Waals surface area contributed by atoms with Crippen LogP contribution in [0.4, 0.5) is 5.82 Å². The molecule has 29 heavy (non-hydrogen) atoms. The maximum absolute atomic E-state index is 12.8. The molecule has 0 aliphatic carbocycles. The highest BCUT2D eigenvalue weighted by Crippen LogP contribution is 2.32. The first-order chi connectivity index (χ1) is 14.1. The van der Waals surface area contributed by atoms with Gasteiger partial charge in [-0.1, -0.05) is 6.07 Å². The van der Waals surface area contributed by atoms with Crippen LogP contribution in [0, 0.1) is 5.92 Å². The predicted octanol–water partition coefficient (Wildman–Crippen LogP) is 1.56. The van der Waals surface area contributed by atoms with Gasteiger partial charge in [-0.25, -0.2) is 4.98 Å². The molecule has 2 aromatic rings. The zero-order chi connectivity index (χ0) is 20.0. The number of hydrogen-bond acceptors (Lipinski definition) is 6. The number of anilines is 1. The molecule has 1 aromatic heterocycles. The lowest BCUT2D eigenvalue weighted by atomic mass is 9.97. The fraction of sp³-hybridized carbons (Fsp3) is 0.333. The molecular formula is C21H20N4O4. The first kappa shape index (κ1) is 17.7. The normalized spacial score (nSPS) is 20.5. The maximum atomic E-state index is 12.8. The molecule has 1 fully saturated rings. The first-order valence-electron chi connectivity index (χ1n) is 9.72. The van der Waals surface area contributed by atoms with Crippen molar-refractivity contribution < 1.29 is 19.1 Å². The van der Waals surface area contributed by atoms with E-state index < -0.39 is 0 Å². The van der Waals surface area contributed by atoms with Gasteiger partial charge in [0.15, 0.2) is 11.6 Å². The number of carbonyl (C=O) groups is 3. The van der Waals surface area contributed by atoms with E-state index in [1.54, 1.807) is 4.90 Å². The molecule has 2 N–H and O–H groups in total. The van der Waals surface area contributed by atoms with Gasteiger partial charge in [0.25, 0.3) is 5.91 Å². The van der Waals surface area contributed by atoms with E-state index in [1.807, 2.05) is 30.3 Å². The van der Waals surface area contributed by atoms with Crippen LogP contribution in [0.25, 0.3) is 11.3 Å². The number of nitrogens with one attached hydrogen (secondary N) is 2. The second kappa shape index (κ2) is 6.88. The van der Waals surface area contributed by atoms with Crippen molar-refractivity contribution in [2.24, 2.45) is 5.92 Å².